The first-order chi connectivity index (χ1) is 12.6. The van der Waals surface area contributed by atoms with E-state index in [4.69, 9.17) is 9.73 Å². The molecule has 2 heterocycles. The van der Waals surface area contributed by atoms with Gasteiger partial charge < -0.3 is 19.9 Å². The number of piperazine rings is 1. The van der Waals surface area contributed by atoms with E-state index in [1.165, 1.54) is 52.0 Å². The van der Waals surface area contributed by atoms with E-state index < -0.39 is 0 Å². The highest BCUT2D eigenvalue weighted by molar-refractivity contribution is 5.79. The molecule has 6 heteroatoms. The molecule has 2 fully saturated rings. The predicted octanol–water partition coefficient (Wildman–Crippen LogP) is 1.73. The lowest BCUT2D eigenvalue weighted by molar-refractivity contribution is 0.0625. The van der Waals surface area contributed by atoms with Gasteiger partial charge in [-0.3, -0.25) is 9.89 Å². The normalized spacial score (nSPS) is 22.4. The third-order valence-corrected chi connectivity index (χ3v) is 5.89. The van der Waals surface area contributed by atoms with E-state index in [9.17, 15) is 0 Å². The van der Waals surface area contributed by atoms with Gasteiger partial charge in [-0.15, -0.1) is 0 Å². The van der Waals surface area contributed by atoms with Gasteiger partial charge >= 0.3 is 0 Å². The number of likely N-dealkylation sites (N-methyl/N-ethyl adjacent to an activating group) is 1. The summed E-state index contributed by atoms with van der Waals surface area (Å²) in [6, 6.07) is 0.506. The Morgan fingerprint density at radius 1 is 1.19 bits per heavy atom. The second-order valence-corrected chi connectivity index (χ2v) is 7.78. The Bertz CT molecular complexity index is 403. The van der Waals surface area contributed by atoms with Crippen molar-refractivity contribution < 1.29 is 4.74 Å². The lowest BCUT2D eigenvalue weighted by Gasteiger charge is -2.37. The summed E-state index contributed by atoms with van der Waals surface area (Å²) in [6.07, 6.45) is 3.66. The fraction of sp³-hybridized carbons (Fsp3) is 0.950. The van der Waals surface area contributed by atoms with Crippen LogP contribution < -0.4 is 5.32 Å². The van der Waals surface area contributed by atoms with Crippen molar-refractivity contribution in [1.82, 2.24) is 20.0 Å². The van der Waals surface area contributed by atoms with E-state index in [1.54, 1.807) is 0 Å². The van der Waals surface area contributed by atoms with Crippen LogP contribution >= 0.6 is 0 Å². The largest absolute Gasteiger partial charge is 0.381 e. The standard InChI is InChI=1S/C20H41N5O/c1-5-21-20(23(4)10-7-19-8-15-26-16-9-19)22-17-18(3)25-13-11-24(6-2)12-14-25/h18-19H,5-17H2,1-4H3,(H,21,22). The summed E-state index contributed by atoms with van der Waals surface area (Å²) in [5.74, 6) is 1.86. The number of aliphatic imine (C=N–C) groups is 1. The molecule has 6 nitrogen and oxygen atoms in total. The Balaban J connectivity index is 1.78. The van der Waals surface area contributed by atoms with Crippen LogP contribution in [-0.2, 0) is 4.74 Å². The molecule has 2 aliphatic rings. The smallest absolute Gasteiger partial charge is 0.193 e. The van der Waals surface area contributed by atoms with Crippen molar-refractivity contribution in [3.8, 4) is 0 Å². The van der Waals surface area contributed by atoms with Crippen molar-refractivity contribution >= 4 is 5.96 Å². The van der Waals surface area contributed by atoms with Gasteiger partial charge in [0.1, 0.15) is 0 Å². The number of nitrogens with one attached hydrogen (secondary N) is 1. The zero-order chi connectivity index (χ0) is 18.8. The molecule has 1 atom stereocenters. The van der Waals surface area contributed by atoms with Crippen LogP contribution in [0.3, 0.4) is 0 Å². The molecule has 1 N–H and O–H groups in total. The number of ether oxygens (including phenoxy) is 1. The highest BCUT2D eigenvalue weighted by atomic mass is 16.5. The molecule has 0 aromatic carbocycles. The van der Waals surface area contributed by atoms with Gasteiger partial charge in [0.25, 0.3) is 0 Å². The monoisotopic (exact) mass is 367 g/mol. The van der Waals surface area contributed by atoms with Gasteiger partial charge in [0.15, 0.2) is 5.96 Å². The molecule has 2 saturated heterocycles. The molecule has 0 bridgehead atoms. The van der Waals surface area contributed by atoms with Gasteiger partial charge in [0.2, 0.25) is 0 Å². The topological polar surface area (TPSA) is 43.3 Å². The highest BCUT2D eigenvalue weighted by Gasteiger charge is 2.20. The number of hydrogen-bond acceptors (Lipinski definition) is 4. The summed E-state index contributed by atoms with van der Waals surface area (Å²) in [5, 5.41) is 3.47. The van der Waals surface area contributed by atoms with Gasteiger partial charge in [-0.05, 0) is 45.6 Å². The van der Waals surface area contributed by atoms with E-state index in [1.807, 2.05) is 0 Å². The van der Waals surface area contributed by atoms with E-state index >= 15 is 0 Å². The van der Waals surface area contributed by atoms with Crippen LogP contribution in [0.25, 0.3) is 0 Å². The van der Waals surface area contributed by atoms with Gasteiger partial charge in [0, 0.05) is 65.6 Å². The van der Waals surface area contributed by atoms with Gasteiger partial charge in [-0.25, -0.2) is 0 Å². The zero-order valence-electron chi connectivity index (χ0n) is 17.5. The molecule has 0 saturated carbocycles. The maximum atomic E-state index is 5.47. The van der Waals surface area contributed by atoms with Crippen LogP contribution in [0, 0.1) is 5.92 Å². The van der Waals surface area contributed by atoms with Crippen LogP contribution in [0.4, 0.5) is 0 Å². The Hall–Kier alpha value is -0.850. The van der Waals surface area contributed by atoms with Crippen molar-refractivity contribution in [2.75, 3.05) is 72.6 Å². The van der Waals surface area contributed by atoms with E-state index in [-0.39, 0.29) is 0 Å². The Morgan fingerprint density at radius 3 is 2.50 bits per heavy atom. The van der Waals surface area contributed by atoms with Crippen molar-refractivity contribution in [2.24, 2.45) is 10.9 Å². The first-order valence-electron chi connectivity index (χ1n) is 10.7. The fourth-order valence-corrected chi connectivity index (χ4v) is 3.84. The summed E-state index contributed by atoms with van der Waals surface area (Å²) in [7, 11) is 2.17. The van der Waals surface area contributed by atoms with E-state index in [2.05, 4.69) is 47.8 Å². The molecular weight excluding hydrogens is 326 g/mol. The molecule has 2 aliphatic heterocycles. The zero-order valence-corrected chi connectivity index (χ0v) is 17.5. The number of guanidine groups is 1. The highest BCUT2D eigenvalue weighted by Crippen LogP contribution is 2.18. The van der Waals surface area contributed by atoms with E-state index in [0.29, 0.717) is 6.04 Å². The summed E-state index contributed by atoms with van der Waals surface area (Å²) in [5.41, 5.74) is 0. The maximum absolute atomic E-state index is 5.47. The molecule has 0 spiro atoms. The average molecular weight is 368 g/mol. The molecule has 152 valence electrons. The van der Waals surface area contributed by atoms with Crippen molar-refractivity contribution in [3.63, 3.8) is 0 Å². The molecular formula is C20H41N5O. The number of nitrogens with zero attached hydrogens (tertiary/aromatic N) is 4. The second kappa shape index (κ2) is 11.8. The first-order valence-corrected chi connectivity index (χ1v) is 10.7. The third-order valence-electron chi connectivity index (χ3n) is 5.89. The quantitative estimate of drug-likeness (QED) is 0.523. The van der Waals surface area contributed by atoms with Gasteiger partial charge in [-0.1, -0.05) is 6.92 Å². The lowest BCUT2D eigenvalue weighted by Crippen LogP contribution is -2.50. The van der Waals surface area contributed by atoms with Crippen LogP contribution in [0.1, 0.15) is 40.0 Å². The van der Waals surface area contributed by atoms with Crippen LogP contribution in [0.5, 0.6) is 0 Å². The molecule has 0 aromatic rings. The second-order valence-electron chi connectivity index (χ2n) is 7.78. The Kier molecular flexibility index (Phi) is 9.72. The Labute approximate surface area is 160 Å². The molecule has 2 rings (SSSR count). The minimum absolute atomic E-state index is 0.506. The minimum Gasteiger partial charge on any atom is -0.381 e. The minimum atomic E-state index is 0.506. The summed E-state index contributed by atoms with van der Waals surface area (Å²) in [6.45, 7) is 17.3. The molecule has 0 radical (unpaired) electrons. The summed E-state index contributed by atoms with van der Waals surface area (Å²) >= 11 is 0. The molecule has 26 heavy (non-hydrogen) atoms. The van der Waals surface area contributed by atoms with E-state index in [0.717, 1.165) is 44.7 Å². The average Bonchev–Trinajstić information content (AvgIpc) is 2.70. The van der Waals surface area contributed by atoms with Crippen molar-refractivity contribution in [3.05, 3.63) is 0 Å². The number of hydrogen-bond donors (Lipinski definition) is 1. The summed E-state index contributed by atoms with van der Waals surface area (Å²) in [4.78, 5) is 12.4. The van der Waals surface area contributed by atoms with Crippen LogP contribution in [0.2, 0.25) is 0 Å². The summed E-state index contributed by atoms with van der Waals surface area (Å²) < 4.78 is 5.47. The third kappa shape index (κ3) is 7.05. The van der Waals surface area contributed by atoms with Crippen LogP contribution in [-0.4, -0.2) is 99.3 Å². The fourth-order valence-electron chi connectivity index (χ4n) is 3.84. The molecule has 1 unspecified atom stereocenters. The van der Waals surface area contributed by atoms with Crippen molar-refractivity contribution in [1.29, 1.82) is 0 Å². The maximum Gasteiger partial charge on any atom is 0.193 e. The van der Waals surface area contributed by atoms with Crippen molar-refractivity contribution in [2.45, 2.75) is 46.1 Å². The first kappa shape index (κ1) is 21.5. The molecule has 0 aromatic heterocycles. The van der Waals surface area contributed by atoms with Crippen LogP contribution in [0.15, 0.2) is 4.99 Å². The number of rotatable bonds is 8. The Morgan fingerprint density at radius 2 is 1.88 bits per heavy atom. The molecule has 0 amide bonds. The molecule has 0 aliphatic carbocycles. The SMILES string of the molecule is CCNC(=NCC(C)N1CCN(CC)CC1)N(C)CCC1CCOCC1. The van der Waals surface area contributed by atoms with Gasteiger partial charge in [-0.2, -0.15) is 0 Å². The van der Waals surface area contributed by atoms with Gasteiger partial charge in [0.05, 0.1) is 6.54 Å². The lowest BCUT2D eigenvalue weighted by atomic mass is 9.96. The predicted molar refractivity (Wildman–Crippen MR) is 110 cm³/mol.